The van der Waals surface area contributed by atoms with Gasteiger partial charge in [0.25, 0.3) is 0 Å². The Hall–Kier alpha value is -1.85. The number of ether oxygens (including phenoxy) is 3. The van der Waals surface area contributed by atoms with Crippen molar-refractivity contribution in [2.75, 3.05) is 13.2 Å². The summed E-state index contributed by atoms with van der Waals surface area (Å²) in [5, 5.41) is 0. The maximum Gasteiger partial charge on any atom is 0.306 e. The molecule has 0 aromatic heterocycles. The molecule has 0 saturated carbocycles. The highest BCUT2D eigenvalue weighted by molar-refractivity contribution is 5.71. The zero-order valence-electron chi connectivity index (χ0n) is 49.7. The molecule has 0 heterocycles. The minimum absolute atomic E-state index is 0.0644. The fourth-order valence-corrected chi connectivity index (χ4v) is 10.3. The van der Waals surface area contributed by atoms with Crippen molar-refractivity contribution < 1.29 is 28.6 Å². The van der Waals surface area contributed by atoms with E-state index in [9.17, 15) is 14.4 Å². The van der Waals surface area contributed by atoms with E-state index in [1.54, 1.807) is 0 Å². The van der Waals surface area contributed by atoms with Crippen LogP contribution in [0.25, 0.3) is 0 Å². The van der Waals surface area contributed by atoms with Crippen LogP contribution in [0, 0.1) is 0 Å². The van der Waals surface area contributed by atoms with Gasteiger partial charge in [-0.25, -0.2) is 0 Å². The summed E-state index contributed by atoms with van der Waals surface area (Å²) in [5.41, 5.74) is 0. The van der Waals surface area contributed by atoms with Crippen LogP contribution in [-0.4, -0.2) is 37.2 Å². The van der Waals surface area contributed by atoms with Gasteiger partial charge in [0.1, 0.15) is 13.2 Å². The highest BCUT2D eigenvalue weighted by Gasteiger charge is 2.19. The molecule has 0 aliphatic rings. The molecular weight excluding hydrogens is 901 g/mol. The van der Waals surface area contributed by atoms with E-state index in [1.807, 2.05) is 0 Å². The summed E-state index contributed by atoms with van der Waals surface area (Å²) in [7, 11) is 0. The smallest absolute Gasteiger partial charge is 0.306 e. The molecule has 0 aromatic carbocycles. The van der Waals surface area contributed by atoms with Crippen LogP contribution in [-0.2, 0) is 28.6 Å². The van der Waals surface area contributed by atoms with Crippen LogP contribution in [0.15, 0.2) is 12.2 Å². The summed E-state index contributed by atoms with van der Waals surface area (Å²) in [4.78, 5) is 38.0. The Bertz CT molecular complexity index is 1130. The summed E-state index contributed by atoms with van der Waals surface area (Å²) in [6.45, 7) is 6.66. The molecule has 0 aliphatic heterocycles. The second-order valence-corrected chi connectivity index (χ2v) is 22.7. The molecule has 6 nitrogen and oxygen atoms in total. The fourth-order valence-electron chi connectivity index (χ4n) is 10.3. The van der Waals surface area contributed by atoms with Gasteiger partial charge in [0.05, 0.1) is 0 Å². The molecule has 0 saturated heterocycles. The zero-order chi connectivity index (χ0) is 52.9. The lowest BCUT2D eigenvalue weighted by Crippen LogP contribution is -2.30. The monoisotopic (exact) mass is 1030 g/mol. The van der Waals surface area contributed by atoms with E-state index in [4.69, 9.17) is 14.2 Å². The van der Waals surface area contributed by atoms with Crippen molar-refractivity contribution in [3.8, 4) is 0 Å². The van der Waals surface area contributed by atoms with Gasteiger partial charge in [-0.15, -0.1) is 0 Å². The standard InChI is InChI=1S/C67H128O6/c1-4-7-10-13-16-18-20-22-24-26-28-30-32-34-36-37-39-41-43-45-47-49-51-54-57-60-66(69)72-63-64(62-71-65(68)59-56-53-15-12-9-6-3)73-67(70)61-58-55-52-50-48-46-44-42-40-38-35-33-31-29-27-25-23-21-19-17-14-11-8-5-2/h26,28,64H,4-25,27,29-63H2,1-3H3/b28-26-. The summed E-state index contributed by atoms with van der Waals surface area (Å²) in [6, 6.07) is 0. The van der Waals surface area contributed by atoms with Crippen molar-refractivity contribution >= 4 is 17.9 Å². The summed E-state index contributed by atoms with van der Waals surface area (Å²) >= 11 is 0. The van der Waals surface area contributed by atoms with Gasteiger partial charge in [0, 0.05) is 19.3 Å². The number of rotatable bonds is 62. The number of hydrogen-bond acceptors (Lipinski definition) is 6. The highest BCUT2D eigenvalue weighted by atomic mass is 16.6. The number of hydrogen-bond donors (Lipinski definition) is 0. The molecule has 0 aromatic rings. The Labute approximate surface area is 456 Å². The van der Waals surface area contributed by atoms with E-state index in [2.05, 4.69) is 32.9 Å². The molecular formula is C67H128O6. The van der Waals surface area contributed by atoms with Gasteiger partial charge >= 0.3 is 17.9 Å². The lowest BCUT2D eigenvalue weighted by atomic mass is 10.0. The predicted molar refractivity (Wildman–Crippen MR) is 317 cm³/mol. The van der Waals surface area contributed by atoms with Crippen LogP contribution >= 0.6 is 0 Å². The first kappa shape index (κ1) is 71.2. The first-order valence-electron chi connectivity index (χ1n) is 33.2. The first-order valence-corrected chi connectivity index (χ1v) is 33.2. The molecule has 432 valence electrons. The van der Waals surface area contributed by atoms with E-state index >= 15 is 0 Å². The van der Waals surface area contributed by atoms with E-state index < -0.39 is 6.10 Å². The number of carbonyl (C=O) groups excluding carboxylic acids is 3. The Morgan fingerprint density at radius 3 is 0.685 bits per heavy atom. The minimum Gasteiger partial charge on any atom is -0.462 e. The van der Waals surface area contributed by atoms with Gasteiger partial charge in [0.15, 0.2) is 6.10 Å². The predicted octanol–water partition coefficient (Wildman–Crippen LogP) is 22.4. The maximum atomic E-state index is 12.9. The third kappa shape index (κ3) is 60.9. The Balaban J connectivity index is 4.00. The normalized spacial score (nSPS) is 12.0. The molecule has 6 heteroatoms. The lowest BCUT2D eigenvalue weighted by Gasteiger charge is -2.18. The number of carbonyl (C=O) groups is 3. The Kier molecular flexibility index (Phi) is 61.1. The molecule has 73 heavy (non-hydrogen) atoms. The van der Waals surface area contributed by atoms with Gasteiger partial charge in [-0.2, -0.15) is 0 Å². The molecule has 0 rings (SSSR count). The summed E-state index contributed by atoms with van der Waals surface area (Å²) in [5.74, 6) is -0.846. The van der Waals surface area contributed by atoms with Crippen LogP contribution in [0.5, 0.6) is 0 Å². The average Bonchev–Trinajstić information content (AvgIpc) is 3.39. The third-order valence-corrected chi connectivity index (χ3v) is 15.3. The van der Waals surface area contributed by atoms with Crippen molar-refractivity contribution in [1.82, 2.24) is 0 Å². The quantitative estimate of drug-likeness (QED) is 0.0261. The number of unbranched alkanes of at least 4 members (excludes halogenated alkanes) is 49. The van der Waals surface area contributed by atoms with E-state index in [-0.39, 0.29) is 31.1 Å². The van der Waals surface area contributed by atoms with Crippen molar-refractivity contribution in [3.05, 3.63) is 12.2 Å². The molecule has 0 bridgehead atoms. The fraction of sp³-hybridized carbons (Fsp3) is 0.925. The minimum atomic E-state index is -0.763. The van der Waals surface area contributed by atoms with Crippen molar-refractivity contribution in [3.63, 3.8) is 0 Å². The van der Waals surface area contributed by atoms with Crippen LogP contribution in [0.2, 0.25) is 0 Å². The van der Waals surface area contributed by atoms with Crippen molar-refractivity contribution in [2.24, 2.45) is 0 Å². The second-order valence-electron chi connectivity index (χ2n) is 22.7. The van der Waals surface area contributed by atoms with E-state index in [0.29, 0.717) is 19.3 Å². The first-order chi connectivity index (χ1) is 36.0. The number of allylic oxidation sites excluding steroid dienone is 2. The Morgan fingerprint density at radius 2 is 0.452 bits per heavy atom. The van der Waals surface area contributed by atoms with Gasteiger partial charge < -0.3 is 14.2 Å². The average molecular weight is 1030 g/mol. The molecule has 1 atom stereocenters. The largest absolute Gasteiger partial charge is 0.462 e. The van der Waals surface area contributed by atoms with Crippen molar-refractivity contribution in [1.29, 1.82) is 0 Å². The Morgan fingerprint density at radius 1 is 0.260 bits per heavy atom. The van der Waals surface area contributed by atoms with Crippen LogP contribution in [0.3, 0.4) is 0 Å². The van der Waals surface area contributed by atoms with Crippen LogP contribution in [0.1, 0.15) is 380 Å². The molecule has 0 spiro atoms. The van der Waals surface area contributed by atoms with E-state index in [1.165, 1.54) is 283 Å². The molecule has 0 fully saturated rings. The van der Waals surface area contributed by atoms with Gasteiger partial charge in [0.2, 0.25) is 0 Å². The third-order valence-electron chi connectivity index (χ3n) is 15.3. The lowest BCUT2D eigenvalue weighted by molar-refractivity contribution is -0.167. The molecule has 0 aliphatic carbocycles. The van der Waals surface area contributed by atoms with Crippen LogP contribution < -0.4 is 0 Å². The highest BCUT2D eigenvalue weighted by Crippen LogP contribution is 2.18. The SMILES string of the molecule is CCCCCCCCCC/C=C\CCCCCCCCCCCCCCCC(=O)OCC(COC(=O)CCCCCCCC)OC(=O)CCCCCCCCCCCCCCCCCCCCCCCCCC. The van der Waals surface area contributed by atoms with Gasteiger partial charge in [-0.1, -0.05) is 328 Å². The maximum absolute atomic E-state index is 12.9. The molecule has 0 N–H and O–H groups in total. The molecule has 0 amide bonds. The zero-order valence-corrected chi connectivity index (χ0v) is 49.7. The number of esters is 3. The van der Waals surface area contributed by atoms with Gasteiger partial charge in [-0.3, -0.25) is 14.4 Å². The molecule has 1 unspecified atom stereocenters. The summed E-state index contributed by atoms with van der Waals surface area (Å²) in [6.07, 6.45) is 74.2. The van der Waals surface area contributed by atoms with E-state index in [0.717, 1.165) is 57.8 Å². The second kappa shape index (κ2) is 62.7. The summed E-state index contributed by atoms with van der Waals surface area (Å²) < 4.78 is 16.8. The van der Waals surface area contributed by atoms with Gasteiger partial charge in [-0.05, 0) is 44.9 Å². The van der Waals surface area contributed by atoms with Crippen molar-refractivity contribution in [2.45, 2.75) is 386 Å². The van der Waals surface area contributed by atoms with Crippen LogP contribution in [0.4, 0.5) is 0 Å². The topological polar surface area (TPSA) is 78.9 Å². The molecule has 0 radical (unpaired) electrons.